The maximum Gasteiger partial charge on any atom is 0.169 e. The molecule has 178 valence electrons. The van der Waals surface area contributed by atoms with Gasteiger partial charge >= 0.3 is 0 Å². The highest BCUT2D eigenvalue weighted by atomic mass is 32.1. The molecule has 4 heteroatoms. The molecule has 1 unspecified atom stereocenters. The van der Waals surface area contributed by atoms with Crippen LogP contribution in [-0.4, -0.2) is 22.8 Å². The van der Waals surface area contributed by atoms with E-state index >= 15 is 0 Å². The van der Waals surface area contributed by atoms with Gasteiger partial charge in [0.25, 0.3) is 0 Å². The van der Waals surface area contributed by atoms with Crippen LogP contribution < -0.4 is 0 Å². The molecule has 0 spiro atoms. The Bertz CT molecular complexity index is 1020. The Labute approximate surface area is 202 Å². The van der Waals surface area contributed by atoms with E-state index < -0.39 is 11.5 Å². The van der Waals surface area contributed by atoms with Crippen molar-refractivity contribution in [3.05, 3.63) is 21.9 Å². The van der Waals surface area contributed by atoms with Gasteiger partial charge in [-0.2, -0.15) is 0 Å². The van der Waals surface area contributed by atoms with Crippen molar-refractivity contribution >= 4 is 22.9 Å². The molecule has 9 atom stereocenters. The van der Waals surface area contributed by atoms with Gasteiger partial charge in [0.1, 0.15) is 5.78 Å². The number of aliphatic hydroxyl groups is 1. The number of hydrogen-bond donors (Lipinski definition) is 1. The summed E-state index contributed by atoms with van der Waals surface area (Å²) >= 11 is 1.47. The van der Waals surface area contributed by atoms with E-state index in [9.17, 15) is 14.7 Å². The second-order valence-electron chi connectivity index (χ2n) is 12.2. The molecule has 1 heterocycles. The van der Waals surface area contributed by atoms with Crippen molar-refractivity contribution in [2.24, 2.45) is 40.4 Å². The van der Waals surface area contributed by atoms with E-state index in [1.54, 1.807) is 13.8 Å². The Balaban J connectivity index is 1.45. The number of terminal acetylenes is 1. The summed E-state index contributed by atoms with van der Waals surface area (Å²) in [6.07, 6.45) is 14.0. The Morgan fingerprint density at radius 1 is 1.03 bits per heavy atom. The highest BCUT2D eigenvalue weighted by Crippen LogP contribution is 2.69. The second-order valence-corrected chi connectivity index (χ2v) is 13.3. The van der Waals surface area contributed by atoms with Gasteiger partial charge in [0.05, 0.1) is 16.4 Å². The predicted molar refractivity (Wildman–Crippen MR) is 132 cm³/mol. The number of hydrogen-bond acceptors (Lipinski definition) is 4. The fraction of sp³-hybridized carbons (Fsp3) is 0.724. The van der Waals surface area contributed by atoms with Crippen LogP contribution in [0.3, 0.4) is 0 Å². The van der Waals surface area contributed by atoms with Gasteiger partial charge in [-0.25, -0.2) is 0 Å². The SMILES string of the molecule is C#C[C@@]1(c2ccc(C(C)=O)s2)C[C@H]2CC[C@@H]3[C@H](CC[C@]4(C)[C@@H](C(C)=O)CC[C@@H]34)[C@@]2(C)CC1O. The van der Waals surface area contributed by atoms with Crippen LogP contribution in [0.1, 0.15) is 93.6 Å². The maximum absolute atomic E-state index is 12.4. The number of carbonyl (C=O) groups excluding carboxylic acids is 2. The van der Waals surface area contributed by atoms with Crippen molar-refractivity contribution in [3.63, 3.8) is 0 Å². The van der Waals surface area contributed by atoms with Crippen LogP contribution in [0.25, 0.3) is 0 Å². The number of carbonyl (C=O) groups is 2. The summed E-state index contributed by atoms with van der Waals surface area (Å²) < 4.78 is 0. The minimum absolute atomic E-state index is 0.0553. The molecule has 0 aliphatic heterocycles. The lowest BCUT2D eigenvalue weighted by Crippen LogP contribution is -2.59. The van der Waals surface area contributed by atoms with Crippen LogP contribution in [0.15, 0.2) is 12.1 Å². The quantitative estimate of drug-likeness (QED) is 0.436. The molecule has 1 N–H and O–H groups in total. The smallest absolute Gasteiger partial charge is 0.169 e. The summed E-state index contributed by atoms with van der Waals surface area (Å²) in [4.78, 5) is 26.0. The van der Waals surface area contributed by atoms with Crippen molar-refractivity contribution in [2.45, 2.75) is 90.6 Å². The molecule has 1 aromatic heterocycles. The van der Waals surface area contributed by atoms with E-state index in [0.717, 1.165) is 48.3 Å². The third kappa shape index (κ3) is 3.18. The zero-order valence-corrected chi connectivity index (χ0v) is 21.3. The summed E-state index contributed by atoms with van der Waals surface area (Å²) in [5.41, 5.74) is -0.448. The fourth-order valence-electron chi connectivity index (χ4n) is 9.23. The molecule has 0 saturated heterocycles. The molecule has 3 nitrogen and oxygen atoms in total. The zero-order valence-electron chi connectivity index (χ0n) is 20.5. The minimum atomic E-state index is -0.689. The van der Waals surface area contributed by atoms with Gasteiger partial charge < -0.3 is 5.11 Å². The van der Waals surface area contributed by atoms with Crippen molar-refractivity contribution in [1.29, 1.82) is 0 Å². The predicted octanol–water partition coefficient (Wildman–Crippen LogP) is 6.04. The number of aliphatic hydroxyl groups excluding tert-OH is 1. The molecule has 4 saturated carbocycles. The lowest BCUT2D eigenvalue weighted by atomic mass is 9.42. The van der Waals surface area contributed by atoms with Crippen LogP contribution in [0.2, 0.25) is 0 Å². The van der Waals surface area contributed by atoms with Gasteiger partial charge in [0.15, 0.2) is 5.78 Å². The van der Waals surface area contributed by atoms with E-state index in [-0.39, 0.29) is 22.5 Å². The first-order valence-corrected chi connectivity index (χ1v) is 13.7. The molecular weight excluding hydrogens is 428 g/mol. The van der Waals surface area contributed by atoms with Gasteiger partial charge in [0, 0.05) is 10.8 Å². The molecule has 0 radical (unpaired) electrons. The third-order valence-corrected chi connectivity index (χ3v) is 12.3. The lowest BCUT2D eigenvalue weighted by Gasteiger charge is -2.63. The Hall–Kier alpha value is -1.44. The second kappa shape index (κ2) is 7.79. The van der Waals surface area contributed by atoms with Crippen LogP contribution in [0.5, 0.6) is 0 Å². The number of thiophene rings is 1. The highest BCUT2D eigenvalue weighted by molar-refractivity contribution is 7.14. The van der Waals surface area contributed by atoms with Crippen LogP contribution >= 0.6 is 11.3 Å². The molecule has 0 amide bonds. The molecule has 4 fully saturated rings. The summed E-state index contributed by atoms with van der Waals surface area (Å²) in [6.45, 7) is 8.20. The largest absolute Gasteiger partial charge is 0.391 e. The summed E-state index contributed by atoms with van der Waals surface area (Å²) in [6, 6.07) is 3.84. The third-order valence-electron chi connectivity index (χ3n) is 11.0. The standard InChI is InChI=1S/C29H38O3S/c1-6-29(26-12-11-24(33-26)18(3)31)15-19-7-8-20-22-10-9-21(17(2)30)27(22,4)14-13-23(20)28(19,5)16-25(29)32/h1,11-12,19-23,25,32H,7-10,13-16H2,2-5H3/t19-,20+,21-,22+,23+,25?,27-,28+,29-/m1/s1. The summed E-state index contributed by atoms with van der Waals surface area (Å²) in [7, 11) is 0. The van der Waals surface area contributed by atoms with E-state index in [1.807, 2.05) is 12.1 Å². The molecule has 4 aliphatic carbocycles. The van der Waals surface area contributed by atoms with Crippen molar-refractivity contribution < 1.29 is 14.7 Å². The molecular formula is C29H38O3S. The Morgan fingerprint density at radius 3 is 2.39 bits per heavy atom. The summed E-state index contributed by atoms with van der Waals surface area (Å²) in [5, 5.41) is 11.6. The normalized spacial score (nSPS) is 46.5. The van der Waals surface area contributed by atoms with E-state index in [4.69, 9.17) is 6.42 Å². The van der Waals surface area contributed by atoms with E-state index in [1.165, 1.54) is 24.2 Å². The lowest BCUT2D eigenvalue weighted by molar-refractivity contribution is -0.148. The molecule has 0 aromatic carbocycles. The maximum atomic E-state index is 12.4. The average Bonchev–Trinajstić information content (AvgIpc) is 3.38. The Morgan fingerprint density at radius 2 is 1.76 bits per heavy atom. The fourth-order valence-corrected chi connectivity index (χ4v) is 10.3. The number of ketones is 2. The van der Waals surface area contributed by atoms with Crippen LogP contribution in [-0.2, 0) is 10.2 Å². The van der Waals surface area contributed by atoms with Crippen LogP contribution in [0, 0.1) is 52.8 Å². The highest BCUT2D eigenvalue weighted by Gasteiger charge is 2.63. The number of fused-ring (bicyclic) bond motifs is 5. The molecule has 1 aromatic rings. The molecule has 5 rings (SSSR count). The van der Waals surface area contributed by atoms with Crippen molar-refractivity contribution in [2.75, 3.05) is 0 Å². The topological polar surface area (TPSA) is 54.4 Å². The number of Topliss-reactive ketones (excluding diaryl/α,β-unsaturated/α-hetero) is 2. The monoisotopic (exact) mass is 466 g/mol. The minimum Gasteiger partial charge on any atom is -0.391 e. The van der Waals surface area contributed by atoms with Gasteiger partial charge in [-0.1, -0.05) is 19.8 Å². The molecule has 4 aliphatic rings. The van der Waals surface area contributed by atoms with Crippen LogP contribution in [0.4, 0.5) is 0 Å². The van der Waals surface area contributed by atoms with E-state index in [0.29, 0.717) is 29.5 Å². The molecule has 33 heavy (non-hydrogen) atoms. The van der Waals surface area contributed by atoms with E-state index in [2.05, 4.69) is 19.8 Å². The molecule has 0 bridgehead atoms. The summed E-state index contributed by atoms with van der Waals surface area (Å²) in [5.74, 6) is 6.07. The Kier molecular flexibility index (Phi) is 5.50. The van der Waals surface area contributed by atoms with Crippen molar-refractivity contribution in [3.8, 4) is 12.3 Å². The van der Waals surface area contributed by atoms with Gasteiger partial charge in [0.2, 0.25) is 0 Å². The first-order chi connectivity index (χ1) is 15.6. The first-order valence-electron chi connectivity index (χ1n) is 12.8. The average molecular weight is 467 g/mol. The number of rotatable bonds is 3. The zero-order chi connectivity index (χ0) is 23.8. The van der Waals surface area contributed by atoms with Gasteiger partial charge in [-0.15, -0.1) is 17.8 Å². The van der Waals surface area contributed by atoms with Crippen molar-refractivity contribution in [1.82, 2.24) is 0 Å². The first kappa shape index (κ1) is 23.3. The van der Waals surface area contributed by atoms with Gasteiger partial charge in [-0.3, -0.25) is 9.59 Å². The van der Waals surface area contributed by atoms with Gasteiger partial charge in [-0.05, 0) is 112 Å².